The maximum atomic E-state index is 12.5. The lowest BCUT2D eigenvalue weighted by Gasteiger charge is -2.37. The van der Waals surface area contributed by atoms with Gasteiger partial charge in [-0.2, -0.15) is 0 Å². The molecular weight excluding hydrogens is 330 g/mol. The highest BCUT2D eigenvalue weighted by molar-refractivity contribution is 5.74. The van der Waals surface area contributed by atoms with Crippen molar-refractivity contribution >= 4 is 6.03 Å². The second-order valence-corrected chi connectivity index (χ2v) is 7.48. The number of fused-ring (bicyclic) bond motifs is 1. The zero-order valence-electron chi connectivity index (χ0n) is 15.3. The van der Waals surface area contributed by atoms with Crippen LogP contribution in [0.3, 0.4) is 0 Å². The molecule has 2 fully saturated rings. The van der Waals surface area contributed by atoms with Crippen molar-refractivity contribution in [3.05, 3.63) is 35.4 Å². The molecule has 0 radical (unpaired) electrons. The van der Waals surface area contributed by atoms with Gasteiger partial charge >= 0.3 is 6.03 Å². The SMILES string of the molecule is O=C(NCC(C1CCOC1)N1CCOCC1)NC1CCc2ccccc21. The number of nitrogens with zero attached hydrogens (tertiary/aromatic N) is 1. The Kier molecular flexibility index (Phi) is 5.72. The molecule has 3 aliphatic rings. The van der Waals surface area contributed by atoms with E-state index in [2.05, 4.69) is 33.7 Å². The molecule has 2 N–H and O–H groups in total. The van der Waals surface area contributed by atoms with Crippen LogP contribution in [0.25, 0.3) is 0 Å². The molecule has 2 saturated heterocycles. The lowest BCUT2D eigenvalue weighted by atomic mass is 9.97. The summed E-state index contributed by atoms with van der Waals surface area (Å²) in [6.07, 6.45) is 3.09. The molecule has 0 saturated carbocycles. The summed E-state index contributed by atoms with van der Waals surface area (Å²) in [5.74, 6) is 0.487. The molecule has 3 unspecified atom stereocenters. The highest BCUT2D eigenvalue weighted by Crippen LogP contribution is 2.30. The lowest BCUT2D eigenvalue weighted by molar-refractivity contribution is 0.00211. The number of urea groups is 1. The number of benzene rings is 1. The molecule has 1 aromatic rings. The highest BCUT2D eigenvalue weighted by atomic mass is 16.5. The highest BCUT2D eigenvalue weighted by Gasteiger charge is 2.32. The maximum Gasteiger partial charge on any atom is 0.315 e. The summed E-state index contributed by atoms with van der Waals surface area (Å²) in [7, 11) is 0. The minimum atomic E-state index is -0.0659. The van der Waals surface area contributed by atoms with E-state index in [9.17, 15) is 4.79 Å². The third kappa shape index (κ3) is 4.03. The Morgan fingerprint density at radius 2 is 2.00 bits per heavy atom. The summed E-state index contributed by atoms with van der Waals surface area (Å²) in [4.78, 5) is 15.0. The molecule has 0 aromatic heterocycles. The van der Waals surface area contributed by atoms with Gasteiger partial charge in [0, 0.05) is 38.2 Å². The molecule has 6 nitrogen and oxygen atoms in total. The Morgan fingerprint density at radius 1 is 1.15 bits per heavy atom. The van der Waals surface area contributed by atoms with E-state index in [1.54, 1.807) is 0 Å². The van der Waals surface area contributed by atoms with Crippen LogP contribution >= 0.6 is 0 Å². The molecule has 2 amide bonds. The van der Waals surface area contributed by atoms with Crippen LogP contribution in [0.5, 0.6) is 0 Å². The zero-order chi connectivity index (χ0) is 17.8. The van der Waals surface area contributed by atoms with Crippen molar-refractivity contribution in [2.75, 3.05) is 46.1 Å². The van der Waals surface area contributed by atoms with E-state index in [4.69, 9.17) is 9.47 Å². The van der Waals surface area contributed by atoms with Crippen LogP contribution in [0.4, 0.5) is 4.79 Å². The van der Waals surface area contributed by atoms with Gasteiger partial charge in [-0.05, 0) is 30.4 Å². The normalized spacial score (nSPS) is 27.1. The van der Waals surface area contributed by atoms with Crippen LogP contribution in [0.15, 0.2) is 24.3 Å². The van der Waals surface area contributed by atoms with Crippen LogP contribution in [0.1, 0.15) is 30.0 Å². The number of hydrogen-bond donors (Lipinski definition) is 2. The van der Waals surface area contributed by atoms with Gasteiger partial charge in [0.15, 0.2) is 0 Å². The van der Waals surface area contributed by atoms with E-state index < -0.39 is 0 Å². The molecule has 26 heavy (non-hydrogen) atoms. The summed E-state index contributed by atoms with van der Waals surface area (Å²) >= 11 is 0. The average molecular weight is 359 g/mol. The first-order chi connectivity index (χ1) is 12.8. The fraction of sp³-hybridized carbons (Fsp3) is 0.650. The van der Waals surface area contributed by atoms with Gasteiger partial charge in [-0.1, -0.05) is 24.3 Å². The Balaban J connectivity index is 1.32. The van der Waals surface area contributed by atoms with E-state index in [1.807, 2.05) is 6.07 Å². The summed E-state index contributed by atoms with van der Waals surface area (Å²) < 4.78 is 11.1. The monoisotopic (exact) mass is 359 g/mol. The fourth-order valence-corrected chi connectivity index (χ4v) is 4.47. The number of rotatable bonds is 5. The third-order valence-electron chi connectivity index (χ3n) is 5.93. The second-order valence-electron chi connectivity index (χ2n) is 7.48. The van der Waals surface area contributed by atoms with Crippen molar-refractivity contribution in [3.8, 4) is 0 Å². The zero-order valence-corrected chi connectivity index (χ0v) is 15.3. The summed E-state index contributed by atoms with van der Waals surface area (Å²) in [6.45, 7) is 5.69. The molecule has 2 aliphatic heterocycles. The molecule has 6 heteroatoms. The van der Waals surface area contributed by atoms with Crippen LogP contribution in [-0.4, -0.2) is 63.0 Å². The summed E-state index contributed by atoms with van der Waals surface area (Å²) in [5.41, 5.74) is 2.61. The predicted octanol–water partition coefficient (Wildman–Crippen LogP) is 1.71. The van der Waals surface area contributed by atoms with Gasteiger partial charge in [0.25, 0.3) is 0 Å². The summed E-state index contributed by atoms with van der Waals surface area (Å²) in [5, 5.41) is 6.29. The topological polar surface area (TPSA) is 62.8 Å². The van der Waals surface area contributed by atoms with Crippen molar-refractivity contribution in [1.82, 2.24) is 15.5 Å². The van der Waals surface area contributed by atoms with E-state index in [-0.39, 0.29) is 12.1 Å². The maximum absolute atomic E-state index is 12.5. The molecule has 0 bridgehead atoms. The Morgan fingerprint density at radius 3 is 2.81 bits per heavy atom. The fourth-order valence-electron chi connectivity index (χ4n) is 4.47. The number of carbonyl (C=O) groups is 1. The third-order valence-corrected chi connectivity index (χ3v) is 5.93. The van der Waals surface area contributed by atoms with Gasteiger partial charge < -0.3 is 20.1 Å². The number of aryl methyl sites for hydroxylation is 1. The van der Waals surface area contributed by atoms with Crippen LogP contribution in [-0.2, 0) is 15.9 Å². The molecule has 1 aromatic carbocycles. The van der Waals surface area contributed by atoms with Gasteiger partial charge in [-0.15, -0.1) is 0 Å². The van der Waals surface area contributed by atoms with E-state index >= 15 is 0 Å². The molecule has 3 atom stereocenters. The minimum Gasteiger partial charge on any atom is -0.381 e. The van der Waals surface area contributed by atoms with E-state index in [0.717, 1.165) is 58.8 Å². The van der Waals surface area contributed by atoms with Crippen molar-refractivity contribution in [2.45, 2.75) is 31.3 Å². The molecule has 1 aliphatic carbocycles. The lowest BCUT2D eigenvalue weighted by Crippen LogP contribution is -2.53. The number of amides is 2. The number of hydrogen-bond acceptors (Lipinski definition) is 4. The van der Waals surface area contributed by atoms with Gasteiger partial charge in [-0.3, -0.25) is 4.90 Å². The molecule has 4 rings (SSSR count). The first kappa shape index (κ1) is 17.8. The number of ether oxygens (including phenoxy) is 2. The molecular formula is C20H29N3O3. The van der Waals surface area contributed by atoms with E-state index in [0.29, 0.717) is 18.5 Å². The van der Waals surface area contributed by atoms with Crippen molar-refractivity contribution < 1.29 is 14.3 Å². The largest absolute Gasteiger partial charge is 0.381 e. The second kappa shape index (κ2) is 8.37. The van der Waals surface area contributed by atoms with Crippen LogP contribution < -0.4 is 10.6 Å². The molecule has 2 heterocycles. The quantitative estimate of drug-likeness (QED) is 0.840. The van der Waals surface area contributed by atoms with Crippen molar-refractivity contribution in [3.63, 3.8) is 0 Å². The predicted molar refractivity (Wildman–Crippen MR) is 99.1 cm³/mol. The Bertz CT molecular complexity index is 612. The standard InChI is InChI=1S/C20H29N3O3/c24-20(22-18-6-5-15-3-1-2-4-17(15)18)21-13-19(16-7-10-26-14-16)23-8-11-25-12-9-23/h1-4,16,18-19H,5-14H2,(H2,21,22,24). The molecule has 0 spiro atoms. The average Bonchev–Trinajstić information content (AvgIpc) is 3.34. The smallest absolute Gasteiger partial charge is 0.315 e. The van der Waals surface area contributed by atoms with Gasteiger partial charge in [0.2, 0.25) is 0 Å². The van der Waals surface area contributed by atoms with Gasteiger partial charge in [0.1, 0.15) is 0 Å². The Labute approximate surface area is 155 Å². The van der Waals surface area contributed by atoms with Crippen molar-refractivity contribution in [2.24, 2.45) is 5.92 Å². The number of morpholine rings is 1. The molecule has 142 valence electrons. The first-order valence-electron chi connectivity index (χ1n) is 9.83. The number of carbonyl (C=O) groups excluding carboxylic acids is 1. The van der Waals surface area contributed by atoms with Gasteiger partial charge in [0.05, 0.1) is 25.9 Å². The summed E-state index contributed by atoms with van der Waals surface area (Å²) in [6, 6.07) is 8.78. The minimum absolute atomic E-state index is 0.0659. The van der Waals surface area contributed by atoms with Crippen molar-refractivity contribution in [1.29, 1.82) is 0 Å². The van der Waals surface area contributed by atoms with Crippen LogP contribution in [0.2, 0.25) is 0 Å². The van der Waals surface area contributed by atoms with E-state index in [1.165, 1.54) is 11.1 Å². The Hall–Kier alpha value is -1.63. The van der Waals surface area contributed by atoms with Crippen LogP contribution in [0, 0.1) is 5.92 Å². The van der Waals surface area contributed by atoms with Gasteiger partial charge in [-0.25, -0.2) is 4.79 Å². The first-order valence-corrected chi connectivity index (χ1v) is 9.83. The number of nitrogens with one attached hydrogen (secondary N) is 2.